The highest BCUT2D eigenvalue weighted by molar-refractivity contribution is 7.89. The van der Waals surface area contributed by atoms with Crippen LogP contribution < -0.4 is 4.49 Å². The summed E-state index contributed by atoms with van der Waals surface area (Å²) in [6.45, 7) is -0.670. The summed E-state index contributed by atoms with van der Waals surface area (Å²) in [4.78, 5) is 0. The van der Waals surface area contributed by atoms with Gasteiger partial charge in [0.15, 0.2) is 0 Å². The Morgan fingerprint density at radius 2 is 2.25 bits per heavy atom. The highest BCUT2D eigenvalue weighted by Crippen LogP contribution is 2.44. The molecule has 70 valence electrons. The van der Waals surface area contributed by atoms with Crippen molar-refractivity contribution in [1.82, 2.24) is 4.49 Å². The van der Waals surface area contributed by atoms with Crippen molar-refractivity contribution in [3.05, 3.63) is 0 Å². The van der Waals surface area contributed by atoms with Gasteiger partial charge in [-0.05, 0) is 0 Å². The van der Waals surface area contributed by atoms with Crippen molar-refractivity contribution in [3.63, 3.8) is 0 Å². The molecule has 0 bridgehead atoms. The van der Waals surface area contributed by atoms with Gasteiger partial charge in [0, 0.05) is 0 Å². The van der Waals surface area contributed by atoms with Crippen LogP contribution in [0.1, 0.15) is 0 Å². The maximum absolute atomic E-state index is 12.4. The molecule has 0 aromatic heterocycles. The van der Waals surface area contributed by atoms with Crippen LogP contribution in [0.3, 0.4) is 0 Å². The Kier molecular flexibility index (Phi) is 3.83. The van der Waals surface area contributed by atoms with Crippen LogP contribution >= 0.6 is 7.83 Å². The summed E-state index contributed by atoms with van der Waals surface area (Å²) in [5, 5.41) is 0. The molecule has 0 saturated heterocycles. The third-order valence-corrected chi connectivity index (χ3v) is 2.79. The summed E-state index contributed by atoms with van der Waals surface area (Å²) in [5.74, 6) is 1.76. The molecule has 2 N–H and O–H groups in total. The van der Waals surface area contributed by atoms with Gasteiger partial charge in [-0.15, -0.1) is 10.6 Å². The lowest BCUT2D eigenvalue weighted by Gasteiger charge is -2.05. The van der Waals surface area contributed by atoms with E-state index in [1.807, 2.05) is 0 Å². The van der Waals surface area contributed by atoms with Crippen LogP contribution in [-0.2, 0) is 19.4 Å². The Labute approximate surface area is 68.6 Å². The lowest BCUT2D eigenvalue weighted by atomic mass is 10.8. The second-order valence-corrected chi connectivity index (χ2v) is 4.42. The Bertz CT molecular complexity index is 331. The first kappa shape index (κ1) is 11.6. The molecule has 1 atom stereocenters. The number of hydrogen-bond donors (Lipinski definition) is 2. The molecule has 6 nitrogen and oxygen atoms in total. The molecule has 0 aromatic rings. The molecule has 0 rings (SSSR count). The van der Waals surface area contributed by atoms with E-state index in [0.717, 1.165) is 4.49 Å². The Hall–Kier alpha value is -0.450. The second-order valence-electron chi connectivity index (χ2n) is 1.52. The van der Waals surface area contributed by atoms with Gasteiger partial charge in [-0.25, -0.2) is 4.57 Å². The van der Waals surface area contributed by atoms with Gasteiger partial charge >= 0.3 is 18.1 Å². The van der Waals surface area contributed by atoms with Gasteiger partial charge < -0.3 is 0 Å². The summed E-state index contributed by atoms with van der Waals surface area (Å²) in [5.41, 5.74) is 0. The average Bonchev–Trinajstić information content (AvgIpc) is 1.78. The fourth-order valence-corrected chi connectivity index (χ4v) is 1.84. The predicted molar refractivity (Wildman–Crippen MR) is 38.2 cm³/mol. The molecule has 12 heavy (non-hydrogen) atoms. The van der Waals surface area contributed by atoms with Crippen LogP contribution in [0.15, 0.2) is 0 Å². The molecule has 0 aromatic carbocycles. The Balaban J connectivity index is 4.27. The topological polar surface area (TPSA) is 92.7 Å². The van der Waals surface area contributed by atoms with Crippen LogP contribution in [0, 0.1) is 12.3 Å². The fourth-order valence-electron chi connectivity index (χ4n) is 0.284. The van der Waals surface area contributed by atoms with E-state index < -0.39 is 24.7 Å². The monoisotopic (exact) mass is 217 g/mol. The third-order valence-electron chi connectivity index (χ3n) is 0.538. The van der Waals surface area contributed by atoms with Crippen molar-refractivity contribution >= 4 is 18.1 Å². The molecule has 0 amide bonds. The van der Waals surface area contributed by atoms with E-state index in [9.17, 15) is 17.2 Å². The zero-order valence-corrected chi connectivity index (χ0v) is 7.31. The lowest BCUT2D eigenvalue weighted by Crippen LogP contribution is -2.18. The molecule has 1 unspecified atom stereocenters. The Morgan fingerprint density at radius 1 is 1.75 bits per heavy atom. The minimum absolute atomic E-state index is 0.670. The van der Waals surface area contributed by atoms with E-state index in [0.29, 0.717) is 0 Å². The van der Waals surface area contributed by atoms with Gasteiger partial charge in [-0.3, -0.25) is 9.08 Å². The van der Waals surface area contributed by atoms with E-state index in [4.69, 9.17) is 4.55 Å². The van der Waals surface area contributed by atoms with Gasteiger partial charge in [-0.2, -0.15) is 8.42 Å². The summed E-state index contributed by atoms with van der Waals surface area (Å²) in [6, 6.07) is 0. The molecule has 0 aliphatic carbocycles. The predicted octanol–water partition coefficient (Wildman–Crippen LogP) is 0.106. The largest absolute Gasteiger partial charge is 0.459 e. The quantitative estimate of drug-likeness (QED) is 0.396. The fraction of sp³-hybridized carbons (Fsp3) is 0.333. The highest BCUT2D eigenvalue weighted by atomic mass is 32.2. The summed E-state index contributed by atoms with van der Waals surface area (Å²) < 4.78 is 55.0. The van der Waals surface area contributed by atoms with Crippen LogP contribution in [0.25, 0.3) is 0 Å². The van der Waals surface area contributed by atoms with Gasteiger partial charge in [0.25, 0.3) is 0 Å². The molecular formula is C3H5FNO5PS. The highest BCUT2D eigenvalue weighted by Gasteiger charge is 2.27. The van der Waals surface area contributed by atoms with Crippen molar-refractivity contribution in [2.45, 2.75) is 0 Å². The Morgan fingerprint density at radius 3 is 2.58 bits per heavy atom. The summed E-state index contributed by atoms with van der Waals surface area (Å²) >= 11 is 0. The van der Waals surface area contributed by atoms with Crippen LogP contribution in [0.5, 0.6) is 0 Å². The second kappa shape index (κ2) is 3.98. The first-order valence-corrected chi connectivity index (χ1v) is 5.36. The van der Waals surface area contributed by atoms with Gasteiger partial charge in [0.05, 0.1) is 0 Å². The van der Waals surface area contributed by atoms with Crippen LogP contribution in [0.2, 0.25) is 0 Å². The van der Waals surface area contributed by atoms with Crippen molar-refractivity contribution < 1.29 is 26.3 Å². The molecule has 0 radical (unpaired) electrons. The molecular weight excluding hydrogens is 212 g/mol. The van der Waals surface area contributed by atoms with Crippen molar-refractivity contribution in [2.75, 3.05) is 6.61 Å². The normalized spacial score (nSPS) is 16.4. The molecule has 0 spiro atoms. The van der Waals surface area contributed by atoms with Crippen molar-refractivity contribution in [1.29, 1.82) is 0 Å². The lowest BCUT2D eigenvalue weighted by molar-refractivity contribution is 0.320. The number of nitrogens with one attached hydrogen (secondary N) is 1. The number of terminal acetylenes is 1. The first-order chi connectivity index (χ1) is 5.27. The maximum Gasteiger partial charge on any atom is 0.459 e. The first-order valence-electron chi connectivity index (χ1n) is 2.41. The number of hydrogen-bond acceptors (Lipinski definition) is 4. The summed E-state index contributed by atoms with van der Waals surface area (Å²) in [7, 11) is -9.95. The van der Waals surface area contributed by atoms with E-state index >= 15 is 0 Å². The molecule has 0 aliphatic heterocycles. The van der Waals surface area contributed by atoms with Gasteiger partial charge in [0.1, 0.15) is 6.61 Å². The van der Waals surface area contributed by atoms with Crippen molar-refractivity contribution in [2.24, 2.45) is 0 Å². The maximum atomic E-state index is 12.4. The zero-order valence-electron chi connectivity index (χ0n) is 5.60. The van der Waals surface area contributed by atoms with E-state index in [-0.39, 0.29) is 0 Å². The smallest absolute Gasteiger partial charge is 0.280 e. The minimum Gasteiger partial charge on any atom is -0.280 e. The zero-order chi connectivity index (χ0) is 9.83. The molecule has 0 saturated carbocycles. The van der Waals surface area contributed by atoms with E-state index in [2.05, 4.69) is 10.9 Å². The SMILES string of the molecule is C#CCOP(=O)(F)NS(=O)(=O)O. The van der Waals surface area contributed by atoms with E-state index in [1.165, 1.54) is 0 Å². The van der Waals surface area contributed by atoms with Gasteiger partial charge in [-0.1, -0.05) is 10.4 Å². The molecule has 0 fully saturated rings. The number of rotatable bonds is 4. The minimum atomic E-state index is -5.06. The van der Waals surface area contributed by atoms with Crippen LogP contribution in [0.4, 0.5) is 4.20 Å². The third kappa shape index (κ3) is 6.27. The molecule has 0 aliphatic rings. The van der Waals surface area contributed by atoms with Crippen molar-refractivity contribution in [3.8, 4) is 12.3 Å². The summed E-state index contributed by atoms with van der Waals surface area (Å²) in [6.07, 6.45) is 4.60. The van der Waals surface area contributed by atoms with Crippen LogP contribution in [-0.4, -0.2) is 19.6 Å². The van der Waals surface area contributed by atoms with E-state index in [1.54, 1.807) is 5.92 Å². The van der Waals surface area contributed by atoms with Gasteiger partial charge in [0.2, 0.25) is 0 Å². The standard InChI is InChI=1S/C3H5FNO5PS/c1-2-3-10-11(4,6)5-12(7,8)9/h1H,3H2,(H,5,6)(H,7,8,9). The molecule has 9 heteroatoms. The number of halogens is 1. The average molecular weight is 217 g/mol. The molecule has 0 heterocycles.